The lowest BCUT2D eigenvalue weighted by molar-refractivity contribution is 0.193. The lowest BCUT2D eigenvalue weighted by Crippen LogP contribution is -2.33. The standard InChI is InChI=1S/C20H23FN2O2/c21-18-7-5-15(6-8-18)14-23-11-9-16(10-12-23)19-4-2-1-3-17(19)13-22-20(24)25/h1-8,16,22H,9-14H2,(H,24,25). The molecule has 0 radical (unpaired) electrons. The van der Waals surface area contributed by atoms with Gasteiger partial charge in [0.05, 0.1) is 0 Å². The highest BCUT2D eigenvalue weighted by molar-refractivity contribution is 5.64. The molecule has 0 unspecified atom stereocenters. The average Bonchev–Trinajstić information content (AvgIpc) is 2.63. The number of nitrogens with zero attached hydrogens (tertiary/aromatic N) is 1. The van der Waals surface area contributed by atoms with E-state index in [1.54, 1.807) is 0 Å². The van der Waals surface area contributed by atoms with E-state index in [2.05, 4.69) is 16.3 Å². The van der Waals surface area contributed by atoms with Crippen LogP contribution in [-0.2, 0) is 13.1 Å². The van der Waals surface area contributed by atoms with Gasteiger partial charge in [0.15, 0.2) is 0 Å². The number of rotatable bonds is 5. The van der Waals surface area contributed by atoms with Gasteiger partial charge in [-0.05, 0) is 60.7 Å². The number of hydrogen-bond donors (Lipinski definition) is 2. The number of carboxylic acid groups (broad SMARTS) is 1. The van der Waals surface area contributed by atoms with Gasteiger partial charge in [0.2, 0.25) is 0 Å². The van der Waals surface area contributed by atoms with Gasteiger partial charge in [0.25, 0.3) is 0 Å². The van der Waals surface area contributed by atoms with Crippen LogP contribution in [0.25, 0.3) is 0 Å². The second-order valence-electron chi connectivity index (χ2n) is 6.53. The van der Waals surface area contributed by atoms with E-state index in [1.165, 1.54) is 17.7 Å². The minimum absolute atomic E-state index is 0.200. The smallest absolute Gasteiger partial charge is 0.404 e. The molecule has 1 fully saturated rings. The molecule has 0 atom stereocenters. The number of benzene rings is 2. The molecule has 25 heavy (non-hydrogen) atoms. The van der Waals surface area contributed by atoms with Gasteiger partial charge in [0.1, 0.15) is 5.82 Å². The first-order valence-electron chi connectivity index (χ1n) is 8.63. The molecular formula is C20H23FN2O2. The number of halogens is 1. The van der Waals surface area contributed by atoms with Crippen LogP contribution in [0.4, 0.5) is 9.18 Å². The Morgan fingerprint density at radius 1 is 1.12 bits per heavy atom. The fourth-order valence-electron chi connectivity index (χ4n) is 3.51. The molecule has 1 aliphatic heterocycles. The summed E-state index contributed by atoms with van der Waals surface area (Å²) in [4.78, 5) is 13.1. The van der Waals surface area contributed by atoms with E-state index < -0.39 is 6.09 Å². The van der Waals surface area contributed by atoms with Crippen LogP contribution in [-0.4, -0.2) is 29.2 Å². The summed E-state index contributed by atoms with van der Waals surface area (Å²) in [6.07, 6.45) is 1.10. The van der Waals surface area contributed by atoms with Gasteiger partial charge in [-0.25, -0.2) is 9.18 Å². The lowest BCUT2D eigenvalue weighted by Gasteiger charge is -2.33. The van der Waals surface area contributed by atoms with Crippen molar-refractivity contribution in [2.75, 3.05) is 13.1 Å². The van der Waals surface area contributed by atoms with Gasteiger partial charge < -0.3 is 10.4 Å². The van der Waals surface area contributed by atoms with Gasteiger partial charge in [-0.2, -0.15) is 0 Å². The number of amides is 1. The summed E-state index contributed by atoms with van der Waals surface area (Å²) in [7, 11) is 0. The van der Waals surface area contributed by atoms with Crippen molar-refractivity contribution in [2.45, 2.75) is 31.8 Å². The SMILES string of the molecule is O=C(O)NCc1ccccc1C1CCN(Cc2ccc(F)cc2)CC1. The molecule has 0 spiro atoms. The molecule has 0 bridgehead atoms. The third kappa shape index (κ3) is 4.79. The minimum Gasteiger partial charge on any atom is -0.465 e. The Morgan fingerprint density at radius 2 is 1.80 bits per heavy atom. The Labute approximate surface area is 147 Å². The molecule has 2 aromatic carbocycles. The predicted octanol–water partition coefficient (Wildman–Crippen LogP) is 3.97. The largest absolute Gasteiger partial charge is 0.465 e. The first-order valence-corrected chi connectivity index (χ1v) is 8.63. The molecule has 0 aliphatic carbocycles. The van der Waals surface area contributed by atoms with Crippen molar-refractivity contribution in [2.24, 2.45) is 0 Å². The van der Waals surface area contributed by atoms with Crippen LogP contribution in [0, 0.1) is 5.82 Å². The van der Waals surface area contributed by atoms with Crippen LogP contribution < -0.4 is 5.32 Å². The summed E-state index contributed by atoms with van der Waals surface area (Å²) in [6, 6.07) is 14.8. The maximum atomic E-state index is 13.0. The highest BCUT2D eigenvalue weighted by Crippen LogP contribution is 2.31. The zero-order valence-electron chi connectivity index (χ0n) is 14.1. The zero-order valence-corrected chi connectivity index (χ0v) is 14.1. The molecule has 2 N–H and O–H groups in total. The van der Waals surface area contributed by atoms with Gasteiger partial charge in [-0.15, -0.1) is 0 Å². The summed E-state index contributed by atoms with van der Waals surface area (Å²) in [5, 5.41) is 11.3. The van der Waals surface area contributed by atoms with E-state index in [0.29, 0.717) is 12.5 Å². The van der Waals surface area contributed by atoms with Crippen LogP contribution in [0.5, 0.6) is 0 Å². The van der Waals surface area contributed by atoms with Crippen LogP contribution in [0.15, 0.2) is 48.5 Å². The van der Waals surface area contributed by atoms with Gasteiger partial charge >= 0.3 is 6.09 Å². The summed E-state index contributed by atoms with van der Waals surface area (Å²) < 4.78 is 13.0. The van der Waals surface area contributed by atoms with Gasteiger partial charge in [-0.1, -0.05) is 36.4 Å². The van der Waals surface area contributed by atoms with E-state index >= 15 is 0 Å². The molecule has 0 saturated carbocycles. The van der Waals surface area contributed by atoms with Crippen molar-refractivity contribution in [3.05, 3.63) is 71.0 Å². The normalized spacial score (nSPS) is 15.9. The van der Waals surface area contributed by atoms with Crippen molar-refractivity contribution < 1.29 is 14.3 Å². The summed E-state index contributed by atoms with van der Waals surface area (Å²) in [5.74, 6) is 0.255. The number of carbonyl (C=O) groups is 1. The van der Waals surface area contributed by atoms with Gasteiger partial charge in [-0.3, -0.25) is 4.90 Å². The summed E-state index contributed by atoms with van der Waals surface area (Å²) in [6.45, 7) is 3.17. The fraction of sp³-hybridized carbons (Fsp3) is 0.350. The Balaban J connectivity index is 1.58. The molecule has 2 aromatic rings. The number of hydrogen-bond acceptors (Lipinski definition) is 2. The average molecular weight is 342 g/mol. The predicted molar refractivity (Wildman–Crippen MR) is 95.0 cm³/mol. The van der Waals surface area contributed by atoms with Crippen molar-refractivity contribution in [1.82, 2.24) is 10.2 Å². The Hall–Kier alpha value is -2.40. The minimum atomic E-state index is -0.996. The molecule has 1 saturated heterocycles. The first kappa shape index (κ1) is 17.4. The maximum Gasteiger partial charge on any atom is 0.404 e. The Bertz CT molecular complexity index is 710. The molecule has 132 valence electrons. The number of likely N-dealkylation sites (tertiary alicyclic amines) is 1. The van der Waals surface area contributed by atoms with Gasteiger partial charge in [0, 0.05) is 13.1 Å². The first-order chi connectivity index (χ1) is 12.1. The Morgan fingerprint density at radius 3 is 2.48 bits per heavy atom. The molecule has 1 heterocycles. The highest BCUT2D eigenvalue weighted by atomic mass is 19.1. The van der Waals surface area contributed by atoms with E-state index in [-0.39, 0.29) is 5.82 Å². The van der Waals surface area contributed by atoms with Crippen LogP contribution in [0.2, 0.25) is 0 Å². The van der Waals surface area contributed by atoms with E-state index in [0.717, 1.165) is 43.6 Å². The summed E-state index contributed by atoms with van der Waals surface area (Å²) in [5.41, 5.74) is 3.44. The van der Waals surface area contributed by atoms with Crippen molar-refractivity contribution in [1.29, 1.82) is 0 Å². The van der Waals surface area contributed by atoms with Crippen molar-refractivity contribution in [3.63, 3.8) is 0 Å². The second-order valence-corrected chi connectivity index (χ2v) is 6.53. The maximum absolute atomic E-state index is 13.0. The zero-order chi connectivity index (χ0) is 17.6. The molecular weight excluding hydrogens is 319 g/mol. The lowest BCUT2D eigenvalue weighted by atomic mass is 9.86. The third-order valence-corrected chi connectivity index (χ3v) is 4.83. The number of nitrogens with one attached hydrogen (secondary N) is 1. The highest BCUT2D eigenvalue weighted by Gasteiger charge is 2.22. The van der Waals surface area contributed by atoms with Crippen molar-refractivity contribution in [3.8, 4) is 0 Å². The van der Waals surface area contributed by atoms with Crippen LogP contribution >= 0.6 is 0 Å². The topological polar surface area (TPSA) is 52.6 Å². The summed E-state index contributed by atoms with van der Waals surface area (Å²) >= 11 is 0. The van der Waals surface area contributed by atoms with Crippen LogP contribution in [0.3, 0.4) is 0 Å². The quantitative estimate of drug-likeness (QED) is 0.864. The molecule has 5 heteroatoms. The molecule has 3 rings (SSSR count). The molecule has 0 aromatic heterocycles. The van der Waals surface area contributed by atoms with E-state index in [4.69, 9.17) is 5.11 Å². The molecule has 1 aliphatic rings. The van der Waals surface area contributed by atoms with Crippen molar-refractivity contribution >= 4 is 6.09 Å². The molecule has 4 nitrogen and oxygen atoms in total. The third-order valence-electron chi connectivity index (χ3n) is 4.83. The Kier molecular flexibility index (Phi) is 5.66. The molecule has 1 amide bonds. The second kappa shape index (κ2) is 8.12. The van der Waals surface area contributed by atoms with Crippen LogP contribution in [0.1, 0.15) is 35.4 Å². The number of piperidine rings is 1. The van der Waals surface area contributed by atoms with E-state index in [1.807, 2.05) is 30.3 Å². The fourth-order valence-corrected chi connectivity index (χ4v) is 3.51. The monoisotopic (exact) mass is 342 g/mol. The van der Waals surface area contributed by atoms with E-state index in [9.17, 15) is 9.18 Å².